The first-order valence-electron chi connectivity index (χ1n) is 7.83. The monoisotopic (exact) mass is 290 g/mol. The van der Waals surface area contributed by atoms with Crippen LogP contribution >= 0.6 is 11.8 Å². The highest BCUT2D eigenvalue weighted by molar-refractivity contribution is 8.00. The van der Waals surface area contributed by atoms with Gasteiger partial charge in [-0.3, -0.25) is 4.90 Å². The van der Waals surface area contributed by atoms with E-state index in [1.54, 1.807) is 0 Å². The van der Waals surface area contributed by atoms with Crippen molar-refractivity contribution in [3.05, 3.63) is 35.9 Å². The van der Waals surface area contributed by atoms with Gasteiger partial charge in [0.15, 0.2) is 0 Å². The first-order chi connectivity index (χ1) is 9.66. The molecule has 2 nitrogen and oxygen atoms in total. The second-order valence-electron chi connectivity index (χ2n) is 6.57. The average molecular weight is 290 g/mol. The first kappa shape index (κ1) is 14.4. The van der Waals surface area contributed by atoms with Crippen molar-refractivity contribution < 1.29 is 0 Å². The molecule has 0 saturated carbocycles. The van der Waals surface area contributed by atoms with E-state index in [9.17, 15) is 0 Å². The number of rotatable bonds is 3. The van der Waals surface area contributed by atoms with Crippen molar-refractivity contribution in [3.63, 3.8) is 0 Å². The number of piperazine rings is 1. The second kappa shape index (κ2) is 6.08. The van der Waals surface area contributed by atoms with Crippen LogP contribution in [0.15, 0.2) is 30.3 Å². The maximum atomic E-state index is 3.65. The van der Waals surface area contributed by atoms with Gasteiger partial charge in [0.1, 0.15) is 0 Å². The Kier molecular flexibility index (Phi) is 4.39. The highest BCUT2D eigenvalue weighted by atomic mass is 32.2. The third kappa shape index (κ3) is 3.21. The predicted octanol–water partition coefficient (Wildman–Crippen LogP) is 3.31. The molecule has 1 N–H and O–H groups in total. The summed E-state index contributed by atoms with van der Waals surface area (Å²) in [5.74, 6) is 1.34. The standard InChI is InChI=1S/C17H26N2S/c1-14-12-19(13-17(2)9-6-10-20-17)16(11-18-14)15-7-4-3-5-8-15/h3-5,7-8,14,16,18H,6,9-13H2,1-2H3. The zero-order valence-electron chi connectivity index (χ0n) is 12.6. The van der Waals surface area contributed by atoms with Crippen LogP contribution in [-0.2, 0) is 0 Å². The fourth-order valence-corrected chi connectivity index (χ4v) is 4.88. The van der Waals surface area contributed by atoms with Gasteiger partial charge in [-0.25, -0.2) is 0 Å². The Labute approximate surface area is 127 Å². The quantitative estimate of drug-likeness (QED) is 0.919. The molecule has 1 aromatic rings. The van der Waals surface area contributed by atoms with Crippen LogP contribution in [-0.4, -0.2) is 41.1 Å². The van der Waals surface area contributed by atoms with Gasteiger partial charge in [-0.1, -0.05) is 30.3 Å². The molecule has 3 rings (SSSR count). The Morgan fingerprint density at radius 2 is 2.15 bits per heavy atom. The van der Waals surface area contributed by atoms with Crippen molar-refractivity contribution in [2.24, 2.45) is 0 Å². The van der Waals surface area contributed by atoms with Gasteiger partial charge in [0.05, 0.1) is 0 Å². The van der Waals surface area contributed by atoms with Crippen molar-refractivity contribution in [3.8, 4) is 0 Å². The summed E-state index contributed by atoms with van der Waals surface area (Å²) >= 11 is 2.17. The van der Waals surface area contributed by atoms with Gasteiger partial charge in [-0.2, -0.15) is 11.8 Å². The van der Waals surface area contributed by atoms with Gasteiger partial charge in [0, 0.05) is 36.5 Å². The van der Waals surface area contributed by atoms with Crippen LogP contribution in [0.5, 0.6) is 0 Å². The number of thioether (sulfide) groups is 1. The molecule has 0 bridgehead atoms. The molecular formula is C17H26N2S. The fraction of sp³-hybridized carbons (Fsp3) is 0.647. The summed E-state index contributed by atoms with van der Waals surface area (Å²) in [6.45, 7) is 8.22. The Hall–Kier alpha value is -0.510. The van der Waals surface area contributed by atoms with Crippen molar-refractivity contribution in [2.75, 3.05) is 25.4 Å². The van der Waals surface area contributed by atoms with Gasteiger partial charge >= 0.3 is 0 Å². The van der Waals surface area contributed by atoms with E-state index >= 15 is 0 Å². The summed E-state index contributed by atoms with van der Waals surface area (Å²) < 4.78 is 0.462. The summed E-state index contributed by atoms with van der Waals surface area (Å²) in [4.78, 5) is 2.72. The zero-order valence-corrected chi connectivity index (χ0v) is 13.5. The van der Waals surface area contributed by atoms with E-state index in [0.717, 1.165) is 13.1 Å². The fourth-order valence-electron chi connectivity index (χ4n) is 3.56. The number of hydrogen-bond donors (Lipinski definition) is 1. The largest absolute Gasteiger partial charge is 0.311 e. The molecule has 0 amide bonds. The molecule has 0 spiro atoms. The second-order valence-corrected chi connectivity index (χ2v) is 8.25. The molecule has 3 atom stereocenters. The van der Waals surface area contributed by atoms with E-state index in [-0.39, 0.29) is 0 Å². The molecule has 3 heteroatoms. The Bertz CT molecular complexity index is 428. The van der Waals surface area contributed by atoms with Crippen LogP contribution in [0.2, 0.25) is 0 Å². The van der Waals surface area contributed by atoms with Gasteiger partial charge in [-0.15, -0.1) is 0 Å². The Balaban J connectivity index is 1.76. The molecule has 3 unspecified atom stereocenters. The van der Waals surface area contributed by atoms with Crippen LogP contribution in [0.4, 0.5) is 0 Å². The third-order valence-corrected chi connectivity index (χ3v) is 6.15. The molecule has 0 aliphatic carbocycles. The smallest absolute Gasteiger partial charge is 0.0474 e. The molecule has 2 aliphatic rings. The zero-order chi connectivity index (χ0) is 14.0. The lowest BCUT2D eigenvalue weighted by Crippen LogP contribution is -2.53. The minimum Gasteiger partial charge on any atom is -0.311 e. The third-order valence-electron chi connectivity index (χ3n) is 4.63. The van der Waals surface area contributed by atoms with Gasteiger partial charge in [-0.05, 0) is 38.0 Å². The lowest BCUT2D eigenvalue weighted by Gasteiger charge is -2.43. The Morgan fingerprint density at radius 1 is 1.35 bits per heavy atom. The van der Waals surface area contributed by atoms with Gasteiger partial charge in [0.25, 0.3) is 0 Å². The summed E-state index contributed by atoms with van der Waals surface area (Å²) in [6.07, 6.45) is 2.76. The van der Waals surface area contributed by atoms with E-state index in [1.807, 2.05) is 0 Å². The summed E-state index contributed by atoms with van der Waals surface area (Å²) in [6, 6.07) is 12.1. The molecule has 0 aromatic heterocycles. The minimum atomic E-state index is 0.462. The topological polar surface area (TPSA) is 15.3 Å². The number of nitrogens with one attached hydrogen (secondary N) is 1. The molecule has 0 radical (unpaired) electrons. The van der Waals surface area contributed by atoms with Crippen molar-refractivity contribution in [1.29, 1.82) is 0 Å². The van der Waals surface area contributed by atoms with Crippen molar-refractivity contribution in [1.82, 2.24) is 10.2 Å². The number of nitrogens with zero attached hydrogens (tertiary/aromatic N) is 1. The molecule has 110 valence electrons. The lowest BCUT2D eigenvalue weighted by molar-refractivity contribution is 0.123. The predicted molar refractivity (Wildman–Crippen MR) is 88.3 cm³/mol. The Morgan fingerprint density at radius 3 is 2.85 bits per heavy atom. The van der Waals surface area contributed by atoms with E-state index in [1.165, 1.54) is 30.7 Å². The van der Waals surface area contributed by atoms with E-state index in [2.05, 4.69) is 66.2 Å². The normalized spacial score (nSPS) is 35.3. The summed E-state index contributed by atoms with van der Waals surface area (Å²) in [5, 5.41) is 3.65. The maximum absolute atomic E-state index is 3.65. The average Bonchev–Trinajstić information content (AvgIpc) is 2.86. The molecular weight excluding hydrogens is 264 g/mol. The van der Waals surface area contributed by atoms with Crippen LogP contribution < -0.4 is 5.32 Å². The SMILES string of the molecule is CC1CN(CC2(C)CCCS2)C(c2ccccc2)CN1. The molecule has 2 aliphatic heterocycles. The highest BCUT2D eigenvalue weighted by Gasteiger charge is 2.36. The van der Waals surface area contributed by atoms with Gasteiger partial charge in [0.2, 0.25) is 0 Å². The van der Waals surface area contributed by atoms with Crippen molar-refractivity contribution >= 4 is 11.8 Å². The van der Waals surface area contributed by atoms with E-state index in [0.29, 0.717) is 16.8 Å². The van der Waals surface area contributed by atoms with E-state index in [4.69, 9.17) is 0 Å². The van der Waals surface area contributed by atoms with Crippen LogP contribution in [0.1, 0.15) is 38.3 Å². The first-order valence-corrected chi connectivity index (χ1v) is 8.81. The lowest BCUT2D eigenvalue weighted by atomic mass is 9.98. The number of hydrogen-bond acceptors (Lipinski definition) is 3. The molecule has 2 saturated heterocycles. The van der Waals surface area contributed by atoms with Crippen LogP contribution in [0.25, 0.3) is 0 Å². The summed E-state index contributed by atoms with van der Waals surface area (Å²) in [7, 11) is 0. The van der Waals surface area contributed by atoms with Crippen LogP contribution in [0.3, 0.4) is 0 Å². The molecule has 1 aromatic carbocycles. The number of benzene rings is 1. The summed E-state index contributed by atoms with van der Waals surface area (Å²) in [5.41, 5.74) is 1.46. The van der Waals surface area contributed by atoms with Crippen LogP contribution in [0, 0.1) is 0 Å². The minimum absolute atomic E-state index is 0.462. The maximum Gasteiger partial charge on any atom is 0.0474 e. The molecule has 2 fully saturated rings. The van der Waals surface area contributed by atoms with E-state index < -0.39 is 0 Å². The van der Waals surface area contributed by atoms with Gasteiger partial charge < -0.3 is 5.32 Å². The highest BCUT2D eigenvalue weighted by Crippen LogP contribution is 2.40. The molecule has 2 heterocycles. The molecule has 20 heavy (non-hydrogen) atoms. The van der Waals surface area contributed by atoms with Crippen molar-refractivity contribution in [2.45, 2.75) is 43.5 Å².